The van der Waals surface area contributed by atoms with Crippen LogP contribution in [0.2, 0.25) is 0 Å². The molecule has 0 unspecified atom stereocenters. The van der Waals surface area contributed by atoms with E-state index in [0.29, 0.717) is 11.5 Å². The van der Waals surface area contributed by atoms with Gasteiger partial charge in [0.2, 0.25) is 5.95 Å². The molecule has 0 spiro atoms. The van der Waals surface area contributed by atoms with E-state index >= 15 is 0 Å². The number of hydrogen-bond donors (Lipinski definition) is 1. The summed E-state index contributed by atoms with van der Waals surface area (Å²) in [6.45, 7) is 5.50. The number of nitrogens with zero attached hydrogens (tertiary/aromatic N) is 2. The topological polar surface area (TPSA) is 37.8 Å². The smallest absolute Gasteiger partial charge is 0.223 e. The van der Waals surface area contributed by atoms with Gasteiger partial charge in [-0.2, -0.15) is 0 Å². The van der Waals surface area contributed by atoms with Gasteiger partial charge in [-0.25, -0.2) is 18.7 Å². The molecule has 5 heteroatoms. The predicted molar refractivity (Wildman–Crippen MR) is 69.9 cm³/mol. The molecule has 0 aliphatic carbocycles. The van der Waals surface area contributed by atoms with Gasteiger partial charge in [0, 0.05) is 23.0 Å². The number of anilines is 1. The molecule has 100 valence electrons. The second-order valence-corrected chi connectivity index (χ2v) is 4.51. The molecular weight excluding hydrogens is 248 g/mol. The van der Waals surface area contributed by atoms with Gasteiger partial charge in [0.05, 0.1) is 6.04 Å². The number of hydrogen-bond acceptors (Lipinski definition) is 3. The fourth-order valence-corrected chi connectivity index (χ4v) is 1.91. The molecule has 0 aliphatic rings. The van der Waals surface area contributed by atoms with Crippen LogP contribution in [0, 0.1) is 25.5 Å². The highest BCUT2D eigenvalue weighted by molar-refractivity contribution is 5.33. The first-order valence-electron chi connectivity index (χ1n) is 5.99. The van der Waals surface area contributed by atoms with Gasteiger partial charge in [-0.05, 0) is 32.9 Å². The fraction of sp³-hybridized carbons (Fsp3) is 0.286. The van der Waals surface area contributed by atoms with Crippen molar-refractivity contribution in [1.29, 1.82) is 0 Å². The molecule has 2 aromatic rings. The summed E-state index contributed by atoms with van der Waals surface area (Å²) in [4.78, 5) is 8.46. The molecule has 0 saturated heterocycles. The Hall–Kier alpha value is -2.04. The number of halogens is 2. The summed E-state index contributed by atoms with van der Waals surface area (Å²) in [7, 11) is 0. The SMILES string of the molecule is Cc1cc(C)nc(N[C@H](C)c2ccc(F)cc2F)n1. The van der Waals surface area contributed by atoms with E-state index in [1.807, 2.05) is 19.9 Å². The van der Waals surface area contributed by atoms with Crippen molar-refractivity contribution in [3.63, 3.8) is 0 Å². The van der Waals surface area contributed by atoms with Gasteiger partial charge in [0.25, 0.3) is 0 Å². The summed E-state index contributed by atoms with van der Waals surface area (Å²) in [5, 5.41) is 3.02. The molecule has 2 rings (SSSR count). The molecule has 1 atom stereocenters. The third-order valence-corrected chi connectivity index (χ3v) is 2.76. The molecule has 1 heterocycles. The van der Waals surface area contributed by atoms with Gasteiger partial charge >= 0.3 is 0 Å². The summed E-state index contributed by atoms with van der Waals surface area (Å²) in [5.74, 6) is -0.728. The first-order valence-corrected chi connectivity index (χ1v) is 5.99. The van der Waals surface area contributed by atoms with Crippen LogP contribution in [0.4, 0.5) is 14.7 Å². The normalized spacial score (nSPS) is 12.3. The highest BCUT2D eigenvalue weighted by Crippen LogP contribution is 2.21. The molecule has 19 heavy (non-hydrogen) atoms. The maximum atomic E-state index is 13.6. The number of benzene rings is 1. The Balaban J connectivity index is 2.22. The van der Waals surface area contributed by atoms with Crippen molar-refractivity contribution in [1.82, 2.24) is 9.97 Å². The van der Waals surface area contributed by atoms with Crippen LogP contribution in [0.5, 0.6) is 0 Å². The van der Waals surface area contributed by atoms with Crippen molar-refractivity contribution in [3.05, 3.63) is 52.9 Å². The minimum atomic E-state index is -0.587. The van der Waals surface area contributed by atoms with Gasteiger partial charge in [-0.3, -0.25) is 0 Å². The lowest BCUT2D eigenvalue weighted by molar-refractivity contribution is 0.566. The maximum Gasteiger partial charge on any atom is 0.223 e. The maximum absolute atomic E-state index is 13.6. The first-order chi connectivity index (χ1) is 8.95. The zero-order valence-electron chi connectivity index (χ0n) is 11.0. The van der Waals surface area contributed by atoms with Crippen LogP contribution in [0.15, 0.2) is 24.3 Å². The summed E-state index contributed by atoms with van der Waals surface area (Å²) >= 11 is 0. The van der Waals surface area contributed by atoms with Gasteiger partial charge in [-0.15, -0.1) is 0 Å². The minimum absolute atomic E-state index is 0.346. The molecule has 0 fully saturated rings. The van der Waals surface area contributed by atoms with Crippen LogP contribution >= 0.6 is 0 Å². The Morgan fingerprint density at radius 2 is 1.68 bits per heavy atom. The fourth-order valence-electron chi connectivity index (χ4n) is 1.91. The summed E-state index contributed by atoms with van der Waals surface area (Å²) in [5.41, 5.74) is 2.05. The zero-order valence-corrected chi connectivity index (χ0v) is 11.0. The summed E-state index contributed by atoms with van der Waals surface area (Å²) in [6, 6.07) is 5.04. The lowest BCUT2D eigenvalue weighted by atomic mass is 10.1. The van der Waals surface area contributed by atoms with Crippen LogP contribution in [0.25, 0.3) is 0 Å². The predicted octanol–water partition coefficient (Wildman–Crippen LogP) is 3.54. The van der Waals surface area contributed by atoms with Crippen molar-refractivity contribution in [3.8, 4) is 0 Å². The van der Waals surface area contributed by atoms with E-state index < -0.39 is 11.6 Å². The summed E-state index contributed by atoms with van der Waals surface area (Å²) < 4.78 is 26.5. The van der Waals surface area contributed by atoms with Gasteiger partial charge < -0.3 is 5.32 Å². The molecule has 1 aromatic heterocycles. The lowest BCUT2D eigenvalue weighted by Crippen LogP contribution is -2.12. The van der Waals surface area contributed by atoms with Crippen molar-refractivity contribution in [2.45, 2.75) is 26.8 Å². The van der Waals surface area contributed by atoms with E-state index in [0.717, 1.165) is 17.5 Å². The molecule has 0 bridgehead atoms. The molecule has 0 aliphatic heterocycles. The van der Waals surface area contributed by atoms with E-state index in [4.69, 9.17) is 0 Å². The molecule has 0 radical (unpaired) electrons. The van der Waals surface area contributed by atoms with E-state index in [-0.39, 0.29) is 6.04 Å². The van der Waals surface area contributed by atoms with E-state index in [2.05, 4.69) is 15.3 Å². The van der Waals surface area contributed by atoms with E-state index in [1.165, 1.54) is 12.1 Å². The minimum Gasteiger partial charge on any atom is -0.348 e. The Bertz CT molecular complexity index is 579. The third kappa shape index (κ3) is 3.24. The van der Waals surface area contributed by atoms with Crippen molar-refractivity contribution >= 4 is 5.95 Å². The second kappa shape index (κ2) is 5.30. The van der Waals surface area contributed by atoms with Crippen LogP contribution in [-0.2, 0) is 0 Å². The number of nitrogens with one attached hydrogen (secondary N) is 1. The first kappa shape index (κ1) is 13.4. The van der Waals surface area contributed by atoms with Crippen LogP contribution < -0.4 is 5.32 Å². The van der Waals surface area contributed by atoms with Crippen molar-refractivity contribution in [2.24, 2.45) is 0 Å². The molecule has 0 amide bonds. The number of rotatable bonds is 3. The van der Waals surface area contributed by atoms with Gasteiger partial charge in [-0.1, -0.05) is 6.07 Å². The van der Waals surface area contributed by atoms with E-state index in [1.54, 1.807) is 6.92 Å². The third-order valence-electron chi connectivity index (χ3n) is 2.76. The Morgan fingerprint density at radius 3 is 2.26 bits per heavy atom. The number of aromatic nitrogens is 2. The molecule has 3 nitrogen and oxygen atoms in total. The zero-order chi connectivity index (χ0) is 14.0. The van der Waals surface area contributed by atoms with Gasteiger partial charge in [0.1, 0.15) is 11.6 Å². The average molecular weight is 263 g/mol. The van der Waals surface area contributed by atoms with Crippen LogP contribution in [-0.4, -0.2) is 9.97 Å². The Labute approximate surface area is 110 Å². The average Bonchev–Trinajstić information content (AvgIpc) is 2.26. The second-order valence-electron chi connectivity index (χ2n) is 4.51. The van der Waals surface area contributed by atoms with E-state index in [9.17, 15) is 8.78 Å². The summed E-state index contributed by atoms with van der Waals surface area (Å²) in [6.07, 6.45) is 0. The Morgan fingerprint density at radius 1 is 1.05 bits per heavy atom. The van der Waals surface area contributed by atoms with Crippen molar-refractivity contribution < 1.29 is 8.78 Å². The largest absolute Gasteiger partial charge is 0.348 e. The molecule has 1 N–H and O–H groups in total. The number of aryl methyl sites for hydroxylation is 2. The lowest BCUT2D eigenvalue weighted by Gasteiger charge is -2.15. The van der Waals surface area contributed by atoms with Crippen LogP contribution in [0.1, 0.15) is 29.9 Å². The molecular formula is C14H15F2N3. The van der Waals surface area contributed by atoms with Crippen molar-refractivity contribution in [2.75, 3.05) is 5.32 Å². The molecule has 0 saturated carbocycles. The quantitative estimate of drug-likeness (QED) is 0.920. The highest BCUT2D eigenvalue weighted by atomic mass is 19.1. The monoisotopic (exact) mass is 263 g/mol. The highest BCUT2D eigenvalue weighted by Gasteiger charge is 2.13. The standard InChI is InChI=1S/C14H15F2N3/c1-8-6-9(2)18-14(17-8)19-10(3)12-5-4-11(15)7-13(12)16/h4-7,10H,1-3H3,(H,17,18,19)/t10-/m1/s1. The Kier molecular flexibility index (Phi) is 3.74. The molecule has 1 aromatic carbocycles. The van der Waals surface area contributed by atoms with Crippen LogP contribution in [0.3, 0.4) is 0 Å². The van der Waals surface area contributed by atoms with Gasteiger partial charge in [0.15, 0.2) is 0 Å².